The Balaban J connectivity index is 2.49. The standard InChI is InChI=1S/C13H13N3O/c1-3-10-11(4-2)15-16(14-10)12-8-6-5-7-9-13(12)17/h3-6,8-9,17H,1-2,7H2. The van der Waals surface area contributed by atoms with Crippen LogP contribution in [0.4, 0.5) is 0 Å². The van der Waals surface area contributed by atoms with Crippen LogP contribution in [0.2, 0.25) is 0 Å². The summed E-state index contributed by atoms with van der Waals surface area (Å²) < 4.78 is 0. The molecule has 0 aromatic carbocycles. The largest absolute Gasteiger partial charge is 0.506 e. The SMILES string of the molecule is C=Cc1nn(C2=CC=CCC=C2O)nc1C=C. The zero-order chi connectivity index (χ0) is 12.3. The number of aromatic nitrogens is 3. The van der Waals surface area contributed by atoms with Crippen LogP contribution in [-0.2, 0) is 0 Å². The zero-order valence-corrected chi connectivity index (χ0v) is 9.37. The van der Waals surface area contributed by atoms with Crippen molar-refractivity contribution in [3.63, 3.8) is 0 Å². The van der Waals surface area contributed by atoms with Gasteiger partial charge >= 0.3 is 0 Å². The molecular weight excluding hydrogens is 214 g/mol. The van der Waals surface area contributed by atoms with Gasteiger partial charge in [-0.3, -0.25) is 0 Å². The molecule has 1 N–H and O–H groups in total. The molecule has 17 heavy (non-hydrogen) atoms. The Bertz CT molecular complexity index is 522. The third kappa shape index (κ3) is 2.10. The average molecular weight is 227 g/mol. The van der Waals surface area contributed by atoms with Crippen molar-refractivity contribution in [1.29, 1.82) is 0 Å². The molecule has 0 unspecified atom stereocenters. The number of aliphatic hydroxyl groups excluding tert-OH is 1. The van der Waals surface area contributed by atoms with Crippen molar-refractivity contribution in [2.75, 3.05) is 0 Å². The van der Waals surface area contributed by atoms with Crippen LogP contribution in [0.25, 0.3) is 17.8 Å². The fourth-order valence-corrected chi connectivity index (χ4v) is 1.50. The normalized spacial score (nSPS) is 14.8. The smallest absolute Gasteiger partial charge is 0.139 e. The van der Waals surface area contributed by atoms with E-state index in [1.54, 1.807) is 24.3 Å². The first kappa shape index (κ1) is 11.1. The number of hydrogen-bond acceptors (Lipinski definition) is 3. The predicted octanol–water partition coefficient (Wildman–Crippen LogP) is 2.81. The summed E-state index contributed by atoms with van der Waals surface area (Å²) in [4.78, 5) is 1.38. The molecular formula is C13H13N3O. The molecule has 0 aliphatic heterocycles. The van der Waals surface area contributed by atoms with Crippen molar-refractivity contribution in [3.05, 3.63) is 54.6 Å². The molecule has 0 spiro atoms. The van der Waals surface area contributed by atoms with Gasteiger partial charge in [0.05, 0.1) is 0 Å². The summed E-state index contributed by atoms with van der Waals surface area (Å²) in [5, 5.41) is 18.3. The van der Waals surface area contributed by atoms with Gasteiger partial charge in [0.25, 0.3) is 0 Å². The van der Waals surface area contributed by atoms with Crippen molar-refractivity contribution >= 4 is 17.8 Å². The fourth-order valence-electron chi connectivity index (χ4n) is 1.50. The maximum absolute atomic E-state index is 9.85. The summed E-state index contributed by atoms with van der Waals surface area (Å²) in [7, 11) is 0. The first-order valence-electron chi connectivity index (χ1n) is 5.25. The maximum Gasteiger partial charge on any atom is 0.139 e. The van der Waals surface area contributed by atoms with Crippen LogP contribution in [0.5, 0.6) is 0 Å². The molecule has 0 bridgehead atoms. The van der Waals surface area contributed by atoms with Gasteiger partial charge in [0.1, 0.15) is 22.8 Å². The Hall–Kier alpha value is -2.36. The summed E-state index contributed by atoms with van der Waals surface area (Å²) in [5.74, 6) is 0.163. The summed E-state index contributed by atoms with van der Waals surface area (Å²) in [6.45, 7) is 7.32. The second-order valence-electron chi connectivity index (χ2n) is 3.47. The van der Waals surface area contributed by atoms with Crippen LogP contribution in [0.1, 0.15) is 17.8 Å². The number of hydrogen-bond donors (Lipinski definition) is 1. The Morgan fingerprint density at radius 2 is 1.88 bits per heavy atom. The van der Waals surface area contributed by atoms with Crippen LogP contribution < -0.4 is 0 Å². The molecule has 0 atom stereocenters. The lowest BCUT2D eigenvalue weighted by Gasteiger charge is -2.02. The maximum atomic E-state index is 9.85. The highest BCUT2D eigenvalue weighted by Gasteiger charge is 2.12. The number of aliphatic hydroxyl groups is 1. The monoisotopic (exact) mass is 227 g/mol. The molecule has 0 fully saturated rings. The van der Waals surface area contributed by atoms with E-state index < -0.39 is 0 Å². The summed E-state index contributed by atoms with van der Waals surface area (Å²) in [5.41, 5.74) is 1.82. The molecule has 0 radical (unpaired) electrons. The van der Waals surface area contributed by atoms with E-state index >= 15 is 0 Å². The lowest BCUT2D eigenvalue weighted by Crippen LogP contribution is -2.04. The van der Waals surface area contributed by atoms with Gasteiger partial charge in [-0.2, -0.15) is 0 Å². The van der Waals surface area contributed by atoms with Crippen molar-refractivity contribution in [3.8, 4) is 0 Å². The van der Waals surface area contributed by atoms with Crippen LogP contribution in [0.3, 0.4) is 0 Å². The van der Waals surface area contributed by atoms with E-state index in [9.17, 15) is 5.11 Å². The van der Waals surface area contributed by atoms with Crippen LogP contribution in [-0.4, -0.2) is 20.1 Å². The van der Waals surface area contributed by atoms with Gasteiger partial charge in [-0.05, 0) is 30.7 Å². The highest BCUT2D eigenvalue weighted by Crippen LogP contribution is 2.17. The lowest BCUT2D eigenvalue weighted by molar-refractivity contribution is 0.426. The number of rotatable bonds is 3. The highest BCUT2D eigenvalue weighted by atomic mass is 16.3. The predicted molar refractivity (Wildman–Crippen MR) is 68.9 cm³/mol. The Morgan fingerprint density at radius 1 is 1.24 bits per heavy atom. The van der Waals surface area contributed by atoms with Gasteiger partial charge in [-0.1, -0.05) is 25.3 Å². The van der Waals surface area contributed by atoms with E-state index in [1.807, 2.05) is 12.2 Å². The quantitative estimate of drug-likeness (QED) is 0.863. The summed E-state index contributed by atoms with van der Waals surface area (Å²) in [6.07, 6.45) is 11.2. The molecule has 2 rings (SSSR count). The highest BCUT2D eigenvalue weighted by molar-refractivity contribution is 5.64. The second kappa shape index (κ2) is 4.65. The molecule has 0 amide bonds. The van der Waals surface area contributed by atoms with Gasteiger partial charge in [0, 0.05) is 0 Å². The van der Waals surface area contributed by atoms with Crippen molar-refractivity contribution in [2.24, 2.45) is 0 Å². The van der Waals surface area contributed by atoms with Gasteiger partial charge in [0.2, 0.25) is 0 Å². The minimum Gasteiger partial charge on any atom is -0.506 e. The molecule has 4 heteroatoms. The van der Waals surface area contributed by atoms with Crippen LogP contribution >= 0.6 is 0 Å². The van der Waals surface area contributed by atoms with Crippen molar-refractivity contribution in [2.45, 2.75) is 6.42 Å². The molecule has 1 aliphatic carbocycles. The zero-order valence-electron chi connectivity index (χ0n) is 9.37. The Labute approximate surface area is 99.6 Å². The van der Waals surface area contributed by atoms with Crippen LogP contribution in [0, 0.1) is 0 Å². The van der Waals surface area contributed by atoms with Crippen LogP contribution in [0.15, 0.2) is 43.2 Å². The third-order valence-corrected chi connectivity index (χ3v) is 2.37. The fraction of sp³-hybridized carbons (Fsp3) is 0.0769. The van der Waals surface area contributed by atoms with Gasteiger partial charge in [-0.25, -0.2) is 0 Å². The Morgan fingerprint density at radius 3 is 2.47 bits per heavy atom. The summed E-state index contributed by atoms with van der Waals surface area (Å²) in [6, 6.07) is 0. The molecule has 86 valence electrons. The van der Waals surface area contributed by atoms with Crippen molar-refractivity contribution in [1.82, 2.24) is 15.0 Å². The van der Waals surface area contributed by atoms with E-state index in [0.29, 0.717) is 23.5 Å². The molecule has 4 nitrogen and oxygen atoms in total. The first-order valence-corrected chi connectivity index (χ1v) is 5.25. The lowest BCUT2D eigenvalue weighted by atomic mass is 10.3. The first-order chi connectivity index (χ1) is 8.26. The minimum atomic E-state index is 0.163. The molecule has 1 heterocycles. The second-order valence-corrected chi connectivity index (χ2v) is 3.47. The van der Waals surface area contributed by atoms with Crippen molar-refractivity contribution < 1.29 is 5.11 Å². The van der Waals surface area contributed by atoms with Gasteiger partial charge < -0.3 is 5.11 Å². The Kier molecular flexibility index (Phi) is 3.05. The minimum absolute atomic E-state index is 0.163. The van der Waals surface area contributed by atoms with E-state index in [4.69, 9.17) is 0 Å². The molecule has 0 saturated heterocycles. The molecule has 1 aromatic heterocycles. The van der Waals surface area contributed by atoms with E-state index in [-0.39, 0.29) is 5.76 Å². The van der Waals surface area contributed by atoms with E-state index in [1.165, 1.54) is 4.80 Å². The third-order valence-electron chi connectivity index (χ3n) is 2.37. The average Bonchev–Trinajstić information content (AvgIpc) is 2.64. The molecule has 0 saturated carbocycles. The summed E-state index contributed by atoms with van der Waals surface area (Å²) >= 11 is 0. The molecule has 1 aromatic rings. The van der Waals surface area contributed by atoms with Gasteiger partial charge in [0.15, 0.2) is 0 Å². The topological polar surface area (TPSA) is 50.9 Å². The van der Waals surface area contributed by atoms with E-state index in [2.05, 4.69) is 23.4 Å². The van der Waals surface area contributed by atoms with E-state index in [0.717, 1.165) is 0 Å². The number of allylic oxidation sites excluding steroid dienone is 5. The molecule has 1 aliphatic rings. The van der Waals surface area contributed by atoms with Gasteiger partial charge in [-0.15, -0.1) is 15.0 Å². The number of nitrogens with zero attached hydrogens (tertiary/aromatic N) is 3.